The van der Waals surface area contributed by atoms with E-state index in [4.69, 9.17) is 0 Å². The van der Waals surface area contributed by atoms with Crippen LogP contribution in [0.4, 0.5) is 0 Å². The van der Waals surface area contributed by atoms with Crippen molar-refractivity contribution in [1.29, 1.82) is 0 Å². The molecule has 0 atom stereocenters. The molecule has 0 radical (unpaired) electrons. The second-order valence-electron chi connectivity index (χ2n) is 7.22. The molecule has 0 aliphatic heterocycles. The van der Waals surface area contributed by atoms with E-state index in [1.807, 2.05) is 20.0 Å². The molecule has 0 saturated carbocycles. The van der Waals surface area contributed by atoms with Crippen LogP contribution in [-0.2, 0) is 10.8 Å². The minimum absolute atomic E-state index is 0.0591. The van der Waals surface area contributed by atoms with Crippen LogP contribution in [0.15, 0.2) is 30.5 Å². The van der Waals surface area contributed by atoms with Gasteiger partial charge in [0.2, 0.25) is 0 Å². The second-order valence-corrected chi connectivity index (χ2v) is 7.22. The Kier molecular flexibility index (Phi) is 5.38. The molecule has 0 aliphatic rings. The zero-order chi connectivity index (χ0) is 16.3. The zero-order valence-electron chi connectivity index (χ0n) is 14.8. The van der Waals surface area contributed by atoms with Gasteiger partial charge in [0.15, 0.2) is 0 Å². The number of imidazole rings is 1. The van der Waals surface area contributed by atoms with Gasteiger partial charge in [-0.25, -0.2) is 4.98 Å². The summed E-state index contributed by atoms with van der Waals surface area (Å²) in [5.41, 5.74) is 3.89. The molecule has 0 aliphatic carbocycles. The molecule has 0 amide bonds. The Hall–Kier alpha value is -1.57. The fourth-order valence-corrected chi connectivity index (χ4v) is 2.00. The molecule has 2 heteroatoms. The molecule has 0 bridgehead atoms. The Bertz CT molecular complexity index is 548. The number of nitrogens with one attached hydrogen (secondary N) is 1. The Morgan fingerprint density at radius 1 is 0.810 bits per heavy atom. The van der Waals surface area contributed by atoms with Gasteiger partial charge in [-0.15, -0.1) is 0 Å². The summed E-state index contributed by atoms with van der Waals surface area (Å²) in [4.78, 5) is 7.90. The summed E-state index contributed by atoms with van der Waals surface area (Å²) in [5.74, 6) is 1.03. The normalized spacial score (nSPS) is 11.8. The van der Waals surface area contributed by atoms with Gasteiger partial charge in [-0.05, 0) is 16.5 Å². The van der Waals surface area contributed by atoms with Gasteiger partial charge in [-0.2, -0.15) is 0 Å². The van der Waals surface area contributed by atoms with E-state index in [1.54, 1.807) is 0 Å². The summed E-state index contributed by atoms with van der Waals surface area (Å²) in [5, 5.41) is 0. The average molecular weight is 286 g/mol. The Morgan fingerprint density at radius 2 is 1.33 bits per heavy atom. The number of benzene rings is 1. The summed E-state index contributed by atoms with van der Waals surface area (Å²) < 4.78 is 0. The van der Waals surface area contributed by atoms with E-state index in [0.29, 0.717) is 0 Å². The van der Waals surface area contributed by atoms with Crippen molar-refractivity contribution in [3.63, 3.8) is 0 Å². The van der Waals surface area contributed by atoms with Crippen molar-refractivity contribution in [3.05, 3.63) is 41.9 Å². The van der Waals surface area contributed by atoms with Crippen molar-refractivity contribution in [1.82, 2.24) is 9.97 Å². The maximum Gasteiger partial charge on any atom is 0.111 e. The Balaban J connectivity index is 0.00000106. The largest absolute Gasteiger partial charge is 0.342 e. The van der Waals surface area contributed by atoms with E-state index < -0.39 is 0 Å². The molecular formula is C19H30N2. The SMILES string of the molecule is CC.CC(C)(C)c1ccc(-c2cnc(C(C)(C)C)[nH]2)cc1. The van der Waals surface area contributed by atoms with Crippen molar-refractivity contribution in [2.24, 2.45) is 0 Å². The van der Waals surface area contributed by atoms with E-state index in [9.17, 15) is 0 Å². The first kappa shape index (κ1) is 17.5. The molecule has 2 nitrogen and oxygen atoms in total. The average Bonchev–Trinajstić information content (AvgIpc) is 2.90. The minimum atomic E-state index is 0.0591. The first-order valence-corrected chi connectivity index (χ1v) is 7.84. The number of hydrogen-bond acceptors (Lipinski definition) is 1. The molecule has 1 heterocycles. The summed E-state index contributed by atoms with van der Waals surface area (Å²) in [6.07, 6.45) is 1.92. The Morgan fingerprint density at radius 3 is 1.71 bits per heavy atom. The van der Waals surface area contributed by atoms with E-state index >= 15 is 0 Å². The quantitative estimate of drug-likeness (QED) is 0.716. The maximum absolute atomic E-state index is 4.48. The lowest BCUT2D eigenvalue weighted by Crippen LogP contribution is -2.13. The predicted molar refractivity (Wildman–Crippen MR) is 92.8 cm³/mol. The van der Waals surface area contributed by atoms with Crippen LogP contribution in [0.3, 0.4) is 0 Å². The van der Waals surface area contributed by atoms with Gasteiger partial charge in [0.05, 0.1) is 11.9 Å². The van der Waals surface area contributed by atoms with Crippen LogP contribution in [0.1, 0.15) is 66.8 Å². The molecule has 0 fully saturated rings. The lowest BCUT2D eigenvalue weighted by atomic mass is 9.86. The molecule has 1 N–H and O–H groups in total. The zero-order valence-corrected chi connectivity index (χ0v) is 14.8. The van der Waals surface area contributed by atoms with Gasteiger partial charge in [-0.3, -0.25) is 0 Å². The van der Waals surface area contributed by atoms with Crippen LogP contribution in [0.25, 0.3) is 11.3 Å². The fraction of sp³-hybridized carbons (Fsp3) is 0.526. The van der Waals surface area contributed by atoms with Gasteiger partial charge in [-0.1, -0.05) is 79.7 Å². The van der Waals surface area contributed by atoms with Crippen LogP contribution in [0.2, 0.25) is 0 Å². The summed E-state index contributed by atoms with van der Waals surface area (Å²) in [7, 11) is 0. The third-order valence-electron chi connectivity index (χ3n) is 3.35. The summed E-state index contributed by atoms with van der Waals surface area (Å²) in [6, 6.07) is 8.74. The van der Waals surface area contributed by atoms with Gasteiger partial charge < -0.3 is 4.98 Å². The van der Waals surface area contributed by atoms with Gasteiger partial charge in [0.25, 0.3) is 0 Å². The highest BCUT2D eigenvalue weighted by molar-refractivity contribution is 5.59. The standard InChI is InChI=1S/C17H24N2.C2H6/c1-16(2,3)13-9-7-12(8-10-13)14-11-18-15(19-14)17(4,5)6;1-2/h7-11H,1-6H3,(H,18,19);1-2H3. The lowest BCUT2D eigenvalue weighted by Gasteiger charge is -2.19. The maximum atomic E-state index is 4.48. The van der Waals surface area contributed by atoms with Crippen molar-refractivity contribution in [3.8, 4) is 11.3 Å². The highest BCUT2D eigenvalue weighted by Crippen LogP contribution is 2.27. The van der Waals surface area contributed by atoms with Crippen molar-refractivity contribution in [2.75, 3.05) is 0 Å². The van der Waals surface area contributed by atoms with Crippen molar-refractivity contribution in [2.45, 2.75) is 66.2 Å². The molecule has 0 spiro atoms. The van der Waals surface area contributed by atoms with E-state index in [0.717, 1.165) is 11.5 Å². The van der Waals surface area contributed by atoms with E-state index in [2.05, 4.69) is 75.8 Å². The van der Waals surface area contributed by atoms with Crippen LogP contribution in [-0.4, -0.2) is 9.97 Å². The summed E-state index contributed by atoms with van der Waals surface area (Å²) in [6.45, 7) is 17.2. The molecule has 116 valence electrons. The molecular weight excluding hydrogens is 256 g/mol. The van der Waals surface area contributed by atoms with Crippen LogP contribution in [0, 0.1) is 0 Å². The number of H-pyrrole nitrogens is 1. The fourth-order valence-electron chi connectivity index (χ4n) is 2.00. The number of nitrogens with zero attached hydrogens (tertiary/aromatic N) is 1. The van der Waals surface area contributed by atoms with Gasteiger partial charge in [0.1, 0.15) is 5.82 Å². The van der Waals surface area contributed by atoms with E-state index in [-0.39, 0.29) is 10.8 Å². The smallest absolute Gasteiger partial charge is 0.111 e. The molecule has 0 unspecified atom stereocenters. The van der Waals surface area contributed by atoms with Gasteiger partial charge in [0, 0.05) is 5.41 Å². The molecule has 1 aromatic heterocycles. The number of rotatable bonds is 1. The van der Waals surface area contributed by atoms with Crippen LogP contribution < -0.4 is 0 Å². The summed E-state index contributed by atoms with van der Waals surface area (Å²) >= 11 is 0. The van der Waals surface area contributed by atoms with Crippen molar-refractivity contribution < 1.29 is 0 Å². The van der Waals surface area contributed by atoms with Crippen molar-refractivity contribution >= 4 is 0 Å². The molecule has 1 aromatic carbocycles. The number of hydrogen-bond donors (Lipinski definition) is 1. The van der Waals surface area contributed by atoms with Gasteiger partial charge >= 0.3 is 0 Å². The molecule has 21 heavy (non-hydrogen) atoms. The third kappa shape index (κ3) is 4.45. The predicted octanol–water partition coefficient (Wildman–Crippen LogP) is 5.70. The first-order chi connectivity index (χ1) is 9.68. The molecule has 0 saturated heterocycles. The number of aromatic nitrogens is 2. The lowest BCUT2D eigenvalue weighted by molar-refractivity contribution is 0.553. The molecule has 2 rings (SSSR count). The Labute approximate surface area is 130 Å². The number of aromatic amines is 1. The van der Waals surface area contributed by atoms with Crippen LogP contribution >= 0.6 is 0 Å². The topological polar surface area (TPSA) is 28.7 Å². The highest BCUT2D eigenvalue weighted by Gasteiger charge is 2.18. The first-order valence-electron chi connectivity index (χ1n) is 7.84. The molecule has 2 aromatic rings. The monoisotopic (exact) mass is 286 g/mol. The van der Waals surface area contributed by atoms with Crippen LogP contribution in [0.5, 0.6) is 0 Å². The highest BCUT2D eigenvalue weighted by atomic mass is 14.9. The third-order valence-corrected chi connectivity index (χ3v) is 3.35. The second kappa shape index (κ2) is 6.46. The van der Waals surface area contributed by atoms with E-state index in [1.165, 1.54) is 11.1 Å². The minimum Gasteiger partial charge on any atom is -0.342 e.